The molecule has 0 spiro atoms. The van der Waals surface area contributed by atoms with Crippen LogP contribution in [-0.2, 0) is 6.42 Å². The van der Waals surface area contributed by atoms with Crippen LogP contribution in [0.5, 0.6) is 5.88 Å². The van der Waals surface area contributed by atoms with Crippen molar-refractivity contribution < 1.29 is 14.3 Å². The number of nitrogens with one attached hydrogen (secondary N) is 1. The molecule has 45 heavy (non-hydrogen) atoms. The first-order valence-electron chi connectivity index (χ1n) is 15.5. The number of hydrogen-bond donors (Lipinski definition) is 1. The van der Waals surface area contributed by atoms with Gasteiger partial charge in [-0.15, -0.1) is 0 Å². The minimum Gasteiger partial charge on any atom is -0.474 e. The third kappa shape index (κ3) is 8.01. The number of nitrogens with zero attached hydrogens (tertiary/aromatic N) is 4. The van der Waals surface area contributed by atoms with Gasteiger partial charge in [0, 0.05) is 89.9 Å². The molecular formula is C37H43N5O3. The van der Waals surface area contributed by atoms with Crippen molar-refractivity contribution in [3.05, 3.63) is 107 Å². The molecule has 2 heterocycles. The Morgan fingerprint density at radius 1 is 0.822 bits per heavy atom. The number of piperidine rings is 1. The Balaban J connectivity index is 1.14. The van der Waals surface area contributed by atoms with Crippen molar-refractivity contribution in [1.82, 2.24) is 15.2 Å². The van der Waals surface area contributed by atoms with Gasteiger partial charge in [0.2, 0.25) is 5.88 Å². The Morgan fingerprint density at radius 3 is 2.04 bits per heavy atom. The Labute approximate surface area is 266 Å². The van der Waals surface area contributed by atoms with E-state index in [0.29, 0.717) is 55.9 Å². The van der Waals surface area contributed by atoms with Gasteiger partial charge in [-0.2, -0.15) is 0 Å². The quantitative estimate of drug-likeness (QED) is 0.245. The number of aryl methyl sites for hydroxylation is 1. The van der Waals surface area contributed by atoms with Gasteiger partial charge < -0.3 is 24.8 Å². The van der Waals surface area contributed by atoms with Gasteiger partial charge in [-0.3, -0.25) is 9.59 Å². The molecule has 1 aliphatic heterocycles. The first-order valence-corrected chi connectivity index (χ1v) is 15.5. The van der Waals surface area contributed by atoms with Crippen molar-refractivity contribution in [2.24, 2.45) is 0 Å². The number of rotatable bonds is 10. The lowest BCUT2D eigenvalue weighted by atomic mass is 10.0. The summed E-state index contributed by atoms with van der Waals surface area (Å²) in [7, 11) is 8.07. The summed E-state index contributed by atoms with van der Waals surface area (Å²) in [6.07, 6.45) is 3.91. The van der Waals surface area contributed by atoms with Gasteiger partial charge in [-0.25, -0.2) is 4.98 Å². The molecule has 0 aliphatic carbocycles. The fourth-order valence-corrected chi connectivity index (χ4v) is 5.50. The number of amides is 2. The van der Waals surface area contributed by atoms with E-state index < -0.39 is 0 Å². The highest BCUT2D eigenvalue weighted by atomic mass is 16.5. The van der Waals surface area contributed by atoms with Gasteiger partial charge in [-0.1, -0.05) is 35.9 Å². The maximum absolute atomic E-state index is 13.6. The van der Waals surface area contributed by atoms with Crippen molar-refractivity contribution in [1.29, 1.82) is 0 Å². The summed E-state index contributed by atoms with van der Waals surface area (Å²) >= 11 is 0. The zero-order chi connectivity index (χ0) is 31.9. The summed E-state index contributed by atoms with van der Waals surface area (Å²) in [5.41, 5.74) is 7.36. The summed E-state index contributed by atoms with van der Waals surface area (Å²) in [5, 5.41) is 3.01. The SMILES string of the molecule is Cc1ccc(C(=O)NCCc2ccc(N(C)C)cc2)c(C(=O)N2CCC(Oc3ccc(-c4ccc(N(C)C)cc4)cn3)CC2)c1. The topological polar surface area (TPSA) is 78.0 Å². The Bertz CT molecular complexity index is 1590. The average molecular weight is 606 g/mol. The normalized spacial score (nSPS) is 13.3. The molecule has 0 bridgehead atoms. The molecule has 1 N–H and O–H groups in total. The third-order valence-electron chi connectivity index (χ3n) is 8.27. The van der Waals surface area contributed by atoms with E-state index in [0.717, 1.165) is 33.6 Å². The summed E-state index contributed by atoms with van der Waals surface area (Å²) in [6, 6.07) is 26.0. The van der Waals surface area contributed by atoms with Crippen LogP contribution in [0.4, 0.5) is 11.4 Å². The number of carbonyl (C=O) groups is 2. The maximum atomic E-state index is 13.6. The highest BCUT2D eigenvalue weighted by Gasteiger charge is 2.27. The lowest BCUT2D eigenvalue weighted by Gasteiger charge is -2.32. The summed E-state index contributed by atoms with van der Waals surface area (Å²) in [5.74, 6) is 0.230. The van der Waals surface area contributed by atoms with E-state index in [4.69, 9.17) is 4.74 Å². The summed E-state index contributed by atoms with van der Waals surface area (Å²) < 4.78 is 6.19. The molecule has 234 valence electrons. The van der Waals surface area contributed by atoms with E-state index >= 15 is 0 Å². The molecule has 3 aromatic carbocycles. The van der Waals surface area contributed by atoms with Crippen molar-refractivity contribution in [2.75, 3.05) is 57.6 Å². The molecule has 0 saturated carbocycles. The molecule has 0 atom stereocenters. The molecule has 0 unspecified atom stereocenters. The number of aromatic nitrogens is 1. The van der Waals surface area contributed by atoms with Gasteiger partial charge in [0.1, 0.15) is 6.10 Å². The van der Waals surface area contributed by atoms with Crippen LogP contribution in [0.15, 0.2) is 85.1 Å². The predicted molar refractivity (Wildman–Crippen MR) is 182 cm³/mol. The molecule has 1 aliphatic rings. The first kappa shape index (κ1) is 31.6. The largest absolute Gasteiger partial charge is 0.474 e. The van der Waals surface area contributed by atoms with E-state index in [1.807, 2.05) is 70.5 Å². The molecule has 1 aromatic heterocycles. The molecular weight excluding hydrogens is 562 g/mol. The molecule has 1 fully saturated rings. The number of hydrogen-bond acceptors (Lipinski definition) is 6. The van der Waals surface area contributed by atoms with Gasteiger partial charge in [0.25, 0.3) is 11.8 Å². The van der Waals surface area contributed by atoms with E-state index in [1.54, 1.807) is 6.07 Å². The average Bonchev–Trinajstić information content (AvgIpc) is 3.05. The second kappa shape index (κ2) is 14.3. The molecule has 8 heteroatoms. The van der Waals surface area contributed by atoms with Crippen molar-refractivity contribution >= 4 is 23.2 Å². The molecule has 0 radical (unpaired) electrons. The highest BCUT2D eigenvalue weighted by Crippen LogP contribution is 2.25. The summed E-state index contributed by atoms with van der Waals surface area (Å²) in [6.45, 7) is 3.53. The van der Waals surface area contributed by atoms with E-state index in [1.165, 1.54) is 0 Å². The van der Waals surface area contributed by atoms with Crippen molar-refractivity contribution in [3.63, 3.8) is 0 Å². The number of benzene rings is 3. The summed E-state index contributed by atoms with van der Waals surface area (Å²) in [4.78, 5) is 37.3. The maximum Gasteiger partial charge on any atom is 0.254 e. The second-order valence-electron chi connectivity index (χ2n) is 12.1. The lowest BCUT2D eigenvalue weighted by Crippen LogP contribution is -2.42. The molecule has 2 amide bonds. The number of likely N-dealkylation sites (tertiary alicyclic amines) is 1. The lowest BCUT2D eigenvalue weighted by molar-refractivity contribution is 0.0584. The fraction of sp³-hybridized carbons (Fsp3) is 0.324. The Kier molecular flexibility index (Phi) is 10.0. The van der Waals surface area contributed by atoms with Crippen LogP contribution in [0.2, 0.25) is 0 Å². The van der Waals surface area contributed by atoms with Gasteiger partial charge >= 0.3 is 0 Å². The minimum atomic E-state index is -0.232. The number of ether oxygens (including phenoxy) is 1. The Morgan fingerprint density at radius 2 is 1.44 bits per heavy atom. The number of carbonyl (C=O) groups excluding carboxylic acids is 2. The molecule has 5 rings (SSSR count). The van der Waals surface area contributed by atoms with E-state index in [9.17, 15) is 9.59 Å². The Hall–Kier alpha value is -4.85. The zero-order valence-electron chi connectivity index (χ0n) is 26.9. The fourth-order valence-electron chi connectivity index (χ4n) is 5.50. The van der Waals surface area contributed by atoms with Crippen molar-refractivity contribution in [2.45, 2.75) is 32.3 Å². The molecule has 4 aromatic rings. The van der Waals surface area contributed by atoms with E-state index in [2.05, 4.69) is 68.6 Å². The van der Waals surface area contributed by atoms with Gasteiger partial charge in [0.15, 0.2) is 0 Å². The second-order valence-corrected chi connectivity index (χ2v) is 12.1. The molecule has 1 saturated heterocycles. The van der Waals surface area contributed by atoms with E-state index in [-0.39, 0.29) is 17.9 Å². The highest BCUT2D eigenvalue weighted by molar-refractivity contribution is 6.07. The number of anilines is 2. The standard InChI is InChI=1S/C37H43N5O3/c1-26-6-16-33(36(43)38-21-18-27-7-12-30(13-8-27)40(2)3)34(24-26)37(44)42-22-19-32(20-23-42)45-35-17-11-29(25-39-35)28-9-14-31(15-10-28)41(4)5/h6-17,24-25,32H,18-23H2,1-5H3,(H,38,43). The number of pyridine rings is 1. The van der Waals surface area contributed by atoms with Crippen LogP contribution in [0, 0.1) is 6.92 Å². The minimum absolute atomic E-state index is 0.0288. The first-order chi connectivity index (χ1) is 21.7. The van der Waals surface area contributed by atoms with Gasteiger partial charge in [0.05, 0.1) is 11.1 Å². The predicted octanol–water partition coefficient (Wildman–Crippen LogP) is 5.85. The molecule has 8 nitrogen and oxygen atoms in total. The van der Waals surface area contributed by atoms with Crippen LogP contribution >= 0.6 is 0 Å². The van der Waals surface area contributed by atoms with Crippen LogP contribution in [0.25, 0.3) is 11.1 Å². The van der Waals surface area contributed by atoms with Crippen molar-refractivity contribution in [3.8, 4) is 17.0 Å². The zero-order valence-corrected chi connectivity index (χ0v) is 26.9. The third-order valence-corrected chi connectivity index (χ3v) is 8.27. The van der Waals surface area contributed by atoms with Crippen LogP contribution < -0.4 is 19.9 Å². The van der Waals surface area contributed by atoms with Crippen LogP contribution in [-0.4, -0.2) is 75.6 Å². The smallest absolute Gasteiger partial charge is 0.254 e. The van der Waals surface area contributed by atoms with Crippen LogP contribution in [0.3, 0.4) is 0 Å². The van der Waals surface area contributed by atoms with Crippen LogP contribution in [0.1, 0.15) is 44.7 Å². The van der Waals surface area contributed by atoms with Gasteiger partial charge in [-0.05, 0) is 66.9 Å². The monoisotopic (exact) mass is 605 g/mol.